The molecular weight excluding hydrogens is 182 g/mol. The molecule has 14 heavy (non-hydrogen) atoms. The van der Waals surface area contributed by atoms with Crippen molar-refractivity contribution in [3.05, 3.63) is 12.3 Å². The Morgan fingerprint density at radius 2 is 2.36 bits per heavy atom. The van der Waals surface area contributed by atoms with Gasteiger partial charge in [-0.05, 0) is 25.7 Å². The molecule has 0 bridgehead atoms. The van der Waals surface area contributed by atoms with Gasteiger partial charge < -0.3 is 4.74 Å². The van der Waals surface area contributed by atoms with E-state index in [1.807, 2.05) is 0 Å². The van der Waals surface area contributed by atoms with E-state index in [0.29, 0.717) is 5.82 Å². The molecule has 0 saturated heterocycles. The van der Waals surface area contributed by atoms with Crippen LogP contribution in [0, 0.1) is 0 Å². The van der Waals surface area contributed by atoms with Crippen LogP contribution < -0.4 is 5.32 Å². The summed E-state index contributed by atoms with van der Waals surface area (Å²) in [6, 6.07) is 1.68. The molecule has 0 unspecified atom stereocenters. The SMILES string of the molecule is O=C(Nc1ccn[nH]1)OC1CCCC1. The van der Waals surface area contributed by atoms with Crippen LogP contribution in [0.3, 0.4) is 0 Å². The lowest BCUT2D eigenvalue weighted by Crippen LogP contribution is -2.20. The van der Waals surface area contributed by atoms with Gasteiger partial charge in [0, 0.05) is 6.07 Å². The van der Waals surface area contributed by atoms with E-state index in [2.05, 4.69) is 15.5 Å². The maximum Gasteiger partial charge on any atom is 0.413 e. The fraction of sp³-hybridized carbons (Fsp3) is 0.556. The van der Waals surface area contributed by atoms with Gasteiger partial charge in [-0.25, -0.2) is 4.79 Å². The molecule has 0 aromatic carbocycles. The zero-order valence-electron chi connectivity index (χ0n) is 7.82. The standard InChI is InChI=1S/C9H13N3O2/c13-9(11-8-5-6-10-12-8)14-7-3-1-2-4-7/h5-7H,1-4H2,(H2,10,11,12,13). The summed E-state index contributed by atoms with van der Waals surface area (Å²) in [5, 5.41) is 8.91. The van der Waals surface area contributed by atoms with Crippen molar-refractivity contribution in [1.82, 2.24) is 10.2 Å². The lowest BCUT2D eigenvalue weighted by molar-refractivity contribution is 0.114. The molecule has 0 aliphatic heterocycles. The molecule has 0 atom stereocenters. The highest BCUT2D eigenvalue weighted by molar-refractivity contribution is 5.83. The van der Waals surface area contributed by atoms with Gasteiger partial charge in [0.1, 0.15) is 11.9 Å². The average Bonchev–Trinajstić information content (AvgIpc) is 2.76. The van der Waals surface area contributed by atoms with Gasteiger partial charge in [0.25, 0.3) is 0 Å². The zero-order chi connectivity index (χ0) is 9.80. The number of carbonyl (C=O) groups excluding carboxylic acids is 1. The van der Waals surface area contributed by atoms with Gasteiger partial charge in [0.05, 0.1) is 6.20 Å². The number of nitrogens with zero attached hydrogens (tertiary/aromatic N) is 1. The van der Waals surface area contributed by atoms with E-state index in [9.17, 15) is 4.79 Å². The van der Waals surface area contributed by atoms with Crippen LogP contribution in [0.2, 0.25) is 0 Å². The van der Waals surface area contributed by atoms with E-state index in [1.165, 1.54) is 0 Å². The number of anilines is 1. The summed E-state index contributed by atoms with van der Waals surface area (Å²) in [5.74, 6) is 0.563. The summed E-state index contributed by atoms with van der Waals surface area (Å²) >= 11 is 0. The number of nitrogens with one attached hydrogen (secondary N) is 2. The highest BCUT2D eigenvalue weighted by Crippen LogP contribution is 2.21. The summed E-state index contributed by atoms with van der Waals surface area (Å²) in [6.07, 6.45) is 5.54. The minimum absolute atomic E-state index is 0.0953. The number of amides is 1. The van der Waals surface area contributed by atoms with Gasteiger partial charge in [-0.15, -0.1) is 0 Å². The van der Waals surface area contributed by atoms with Crippen LogP contribution in [-0.2, 0) is 4.74 Å². The van der Waals surface area contributed by atoms with Crippen molar-refractivity contribution in [2.75, 3.05) is 5.32 Å². The maximum atomic E-state index is 11.3. The summed E-state index contributed by atoms with van der Waals surface area (Å²) in [6.45, 7) is 0. The highest BCUT2D eigenvalue weighted by atomic mass is 16.6. The van der Waals surface area contributed by atoms with Crippen LogP contribution >= 0.6 is 0 Å². The molecule has 1 aromatic heterocycles. The number of rotatable bonds is 2. The molecule has 1 amide bonds. The number of carbonyl (C=O) groups is 1. The van der Waals surface area contributed by atoms with E-state index in [-0.39, 0.29) is 6.10 Å². The molecule has 1 aromatic rings. The van der Waals surface area contributed by atoms with Gasteiger partial charge >= 0.3 is 6.09 Å². The van der Waals surface area contributed by atoms with Crippen LogP contribution in [0.1, 0.15) is 25.7 Å². The van der Waals surface area contributed by atoms with Crippen LogP contribution in [0.15, 0.2) is 12.3 Å². The predicted molar refractivity (Wildman–Crippen MR) is 50.9 cm³/mol. The Labute approximate surface area is 81.8 Å². The highest BCUT2D eigenvalue weighted by Gasteiger charge is 2.19. The second kappa shape index (κ2) is 4.13. The summed E-state index contributed by atoms with van der Waals surface area (Å²) < 4.78 is 5.19. The third-order valence-corrected chi connectivity index (χ3v) is 2.31. The number of hydrogen-bond donors (Lipinski definition) is 2. The molecule has 2 N–H and O–H groups in total. The minimum atomic E-state index is -0.402. The van der Waals surface area contributed by atoms with Gasteiger partial charge in [0.2, 0.25) is 0 Å². The van der Waals surface area contributed by atoms with Crippen molar-refractivity contribution >= 4 is 11.9 Å². The van der Waals surface area contributed by atoms with Gasteiger partial charge in [-0.3, -0.25) is 10.4 Å². The van der Waals surface area contributed by atoms with Crippen LogP contribution in [0.25, 0.3) is 0 Å². The van der Waals surface area contributed by atoms with E-state index >= 15 is 0 Å². The molecule has 1 fully saturated rings. The third-order valence-electron chi connectivity index (χ3n) is 2.31. The number of ether oxygens (including phenoxy) is 1. The second-order valence-corrected chi connectivity index (χ2v) is 3.41. The first-order valence-corrected chi connectivity index (χ1v) is 4.81. The first-order chi connectivity index (χ1) is 6.84. The molecule has 1 aliphatic carbocycles. The molecular formula is C9H13N3O2. The largest absolute Gasteiger partial charge is 0.446 e. The number of H-pyrrole nitrogens is 1. The average molecular weight is 195 g/mol. The topological polar surface area (TPSA) is 67.0 Å². The monoisotopic (exact) mass is 195 g/mol. The minimum Gasteiger partial charge on any atom is -0.446 e. The summed E-state index contributed by atoms with van der Waals surface area (Å²) in [7, 11) is 0. The van der Waals surface area contributed by atoms with Crippen LogP contribution in [0.5, 0.6) is 0 Å². The molecule has 2 rings (SSSR count). The molecule has 1 saturated carbocycles. The van der Waals surface area contributed by atoms with E-state index < -0.39 is 6.09 Å². The third kappa shape index (κ3) is 2.25. The molecule has 0 radical (unpaired) electrons. The first kappa shape index (κ1) is 9.05. The van der Waals surface area contributed by atoms with Crippen molar-refractivity contribution in [2.24, 2.45) is 0 Å². The Bertz CT molecular complexity index is 291. The maximum absolute atomic E-state index is 11.3. The van der Waals surface area contributed by atoms with Gasteiger partial charge in [-0.2, -0.15) is 5.10 Å². The number of aromatic nitrogens is 2. The number of hydrogen-bond acceptors (Lipinski definition) is 3. The molecule has 1 aliphatic rings. The lowest BCUT2D eigenvalue weighted by atomic mass is 10.3. The molecule has 1 heterocycles. The molecule has 5 nitrogen and oxygen atoms in total. The lowest BCUT2D eigenvalue weighted by Gasteiger charge is -2.10. The Morgan fingerprint density at radius 3 is 3.00 bits per heavy atom. The molecule has 0 spiro atoms. The van der Waals surface area contributed by atoms with E-state index in [1.54, 1.807) is 12.3 Å². The zero-order valence-corrected chi connectivity index (χ0v) is 7.82. The van der Waals surface area contributed by atoms with Crippen LogP contribution in [0.4, 0.5) is 10.6 Å². The predicted octanol–water partition coefficient (Wildman–Crippen LogP) is 1.90. The van der Waals surface area contributed by atoms with Crippen molar-refractivity contribution in [3.63, 3.8) is 0 Å². The Balaban J connectivity index is 1.78. The van der Waals surface area contributed by atoms with Crippen molar-refractivity contribution in [3.8, 4) is 0 Å². The fourth-order valence-electron chi connectivity index (χ4n) is 1.62. The van der Waals surface area contributed by atoms with Crippen LogP contribution in [-0.4, -0.2) is 22.4 Å². The second-order valence-electron chi connectivity index (χ2n) is 3.41. The molecule has 5 heteroatoms. The fourth-order valence-corrected chi connectivity index (χ4v) is 1.62. The molecule has 76 valence electrons. The van der Waals surface area contributed by atoms with Crippen molar-refractivity contribution in [2.45, 2.75) is 31.8 Å². The Hall–Kier alpha value is -1.52. The number of aromatic amines is 1. The summed E-state index contributed by atoms with van der Waals surface area (Å²) in [4.78, 5) is 11.3. The first-order valence-electron chi connectivity index (χ1n) is 4.81. The Kier molecular flexibility index (Phi) is 2.67. The normalized spacial score (nSPS) is 16.9. The van der Waals surface area contributed by atoms with E-state index in [4.69, 9.17) is 4.74 Å². The quantitative estimate of drug-likeness (QED) is 0.757. The van der Waals surface area contributed by atoms with Gasteiger partial charge in [0.15, 0.2) is 0 Å². The van der Waals surface area contributed by atoms with Crippen molar-refractivity contribution in [1.29, 1.82) is 0 Å². The van der Waals surface area contributed by atoms with Crippen molar-refractivity contribution < 1.29 is 9.53 Å². The smallest absolute Gasteiger partial charge is 0.413 e. The summed E-state index contributed by atoms with van der Waals surface area (Å²) in [5.41, 5.74) is 0. The Morgan fingerprint density at radius 1 is 1.57 bits per heavy atom. The van der Waals surface area contributed by atoms with E-state index in [0.717, 1.165) is 25.7 Å². The van der Waals surface area contributed by atoms with Gasteiger partial charge in [-0.1, -0.05) is 0 Å².